The fourth-order valence-corrected chi connectivity index (χ4v) is 2.78. The predicted molar refractivity (Wildman–Crippen MR) is 83.3 cm³/mol. The fraction of sp³-hybridized carbons (Fsp3) is 0.867. The summed E-state index contributed by atoms with van der Waals surface area (Å²) in [5, 5.41) is 20.2. The van der Waals surface area contributed by atoms with Crippen molar-refractivity contribution in [1.29, 1.82) is 0 Å². The van der Waals surface area contributed by atoms with Crippen molar-refractivity contribution in [2.75, 3.05) is 6.61 Å². The van der Waals surface area contributed by atoms with E-state index in [1.807, 2.05) is 6.92 Å². The lowest BCUT2D eigenvalue weighted by molar-refractivity contribution is 0.00809. The van der Waals surface area contributed by atoms with E-state index < -0.39 is 20.0 Å². The van der Waals surface area contributed by atoms with Gasteiger partial charge in [0.15, 0.2) is 8.32 Å². The standard InChI is InChI=1S/C15H30O4Si/c1-11(16)8-9-15(17,13-12(2)19-13)10-18-20(6,7)14(3,4)5/h8-9,11-13,16-17H,10H2,1-7H3/b9-8+/t11-,12-,13+,15+/m0/s1. The van der Waals surface area contributed by atoms with Crippen molar-refractivity contribution in [3.63, 3.8) is 0 Å². The third kappa shape index (κ3) is 4.40. The van der Waals surface area contributed by atoms with Gasteiger partial charge in [-0.05, 0) is 38.1 Å². The highest BCUT2D eigenvalue weighted by Gasteiger charge is 2.51. The predicted octanol–water partition coefficient (Wildman–Crippen LogP) is 2.46. The first kappa shape index (κ1) is 17.8. The third-order valence-electron chi connectivity index (χ3n) is 4.34. The first-order valence-electron chi connectivity index (χ1n) is 7.28. The Kier molecular flexibility index (Phi) is 5.25. The summed E-state index contributed by atoms with van der Waals surface area (Å²) in [6, 6.07) is 0. The summed E-state index contributed by atoms with van der Waals surface area (Å²) < 4.78 is 11.5. The molecule has 0 aliphatic carbocycles. The van der Waals surface area contributed by atoms with Gasteiger partial charge in [0.05, 0.1) is 18.8 Å². The highest BCUT2D eigenvalue weighted by molar-refractivity contribution is 6.74. The van der Waals surface area contributed by atoms with Gasteiger partial charge in [0.1, 0.15) is 11.7 Å². The van der Waals surface area contributed by atoms with Gasteiger partial charge in [-0.3, -0.25) is 0 Å². The molecule has 0 bridgehead atoms. The summed E-state index contributed by atoms with van der Waals surface area (Å²) in [4.78, 5) is 0. The Bertz CT molecular complexity index is 359. The number of aliphatic hydroxyl groups excluding tert-OH is 1. The Balaban J connectivity index is 2.77. The summed E-state index contributed by atoms with van der Waals surface area (Å²) >= 11 is 0. The molecule has 5 heteroatoms. The maximum Gasteiger partial charge on any atom is 0.192 e. The molecule has 0 aromatic rings. The van der Waals surface area contributed by atoms with Crippen LogP contribution in [0.1, 0.15) is 34.6 Å². The van der Waals surface area contributed by atoms with E-state index in [0.717, 1.165) is 0 Å². The molecule has 0 aromatic heterocycles. The average Bonchev–Trinajstić information content (AvgIpc) is 3.00. The van der Waals surface area contributed by atoms with Crippen molar-refractivity contribution in [3.8, 4) is 0 Å². The van der Waals surface area contributed by atoms with Crippen molar-refractivity contribution in [3.05, 3.63) is 12.2 Å². The molecule has 0 radical (unpaired) electrons. The maximum absolute atomic E-state index is 10.8. The monoisotopic (exact) mass is 302 g/mol. The van der Waals surface area contributed by atoms with Gasteiger partial charge >= 0.3 is 0 Å². The zero-order chi connectivity index (χ0) is 15.8. The van der Waals surface area contributed by atoms with Crippen LogP contribution in [0.2, 0.25) is 18.1 Å². The van der Waals surface area contributed by atoms with E-state index >= 15 is 0 Å². The molecule has 1 fully saturated rings. The van der Waals surface area contributed by atoms with Crippen molar-refractivity contribution in [2.24, 2.45) is 0 Å². The fourth-order valence-electron chi connectivity index (χ4n) is 1.75. The molecule has 2 N–H and O–H groups in total. The molecule has 20 heavy (non-hydrogen) atoms. The van der Waals surface area contributed by atoms with Crippen LogP contribution >= 0.6 is 0 Å². The van der Waals surface area contributed by atoms with E-state index in [4.69, 9.17) is 9.16 Å². The van der Waals surface area contributed by atoms with E-state index in [-0.39, 0.29) is 23.9 Å². The second-order valence-electron chi connectivity index (χ2n) is 7.40. The summed E-state index contributed by atoms with van der Waals surface area (Å²) in [7, 11) is -1.92. The average molecular weight is 302 g/mol. The number of aliphatic hydroxyl groups is 2. The lowest BCUT2D eigenvalue weighted by Crippen LogP contribution is -2.48. The molecule has 0 aromatic carbocycles. The quantitative estimate of drug-likeness (QED) is 0.449. The smallest absolute Gasteiger partial charge is 0.192 e. The zero-order valence-corrected chi connectivity index (χ0v) is 14.8. The van der Waals surface area contributed by atoms with Crippen LogP contribution in [0.15, 0.2) is 12.2 Å². The van der Waals surface area contributed by atoms with Crippen LogP contribution in [-0.2, 0) is 9.16 Å². The SMILES string of the molecule is C[C@H](O)/C=C/[C@@](O)(CO[Si](C)(C)C(C)(C)C)[C@@H]1O[C@H]1C. The lowest BCUT2D eigenvalue weighted by atomic mass is 9.98. The Morgan fingerprint density at radius 1 is 1.35 bits per heavy atom. The van der Waals surface area contributed by atoms with E-state index in [1.165, 1.54) is 0 Å². The largest absolute Gasteiger partial charge is 0.413 e. The van der Waals surface area contributed by atoms with Gasteiger partial charge in [-0.1, -0.05) is 26.8 Å². The molecule has 118 valence electrons. The maximum atomic E-state index is 10.8. The summed E-state index contributed by atoms with van der Waals surface area (Å²) in [5.74, 6) is 0. The Morgan fingerprint density at radius 3 is 2.20 bits per heavy atom. The molecule has 1 aliphatic heterocycles. The van der Waals surface area contributed by atoms with Crippen LogP contribution in [-0.4, -0.2) is 49.1 Å². The van der Waals surface area contributed by atoms with Gasteiger partial charge in [0.25, 0.3) is 0 Å². The summed E-state index contributed by atoms with van der Waals surface area (Å²) in [6.45, 7) is 14.6. The molecule has 1 rings (SSSR count). The van der Waals surface area contributed by atoms with Crippen molar-refractivity contribution in [2.45, 2.75) is 76.7 Å². The van der Waals surface area contributed by atoms with Crippen LogP contribution in [0, 0.1) is 0 Å². The third-order valence-corrected chi connectivity index (χ3v) is 8.82. The molecule has 1 aliphatic rings. The number of epoxide rings is 1. The topological polar surface area (TPSA) is 62.2 Å². The number of ether oxygens (including phenoxy) is 1. The van der Waals surface area contributed by atoms with Crippen LogP contribution < -0.4 is 0 Å². The van der Waals surface area contributed by atoms with Crippen molar-refractivity contribution in [1.82, 2.24) is 0 Å². The van der Waals surface area contributed by atoms with Gasteiger partial charge in [-0.25, -0.2) is 0 Å². The van der Waals surface area contributed by atoms with E-state index in [1.54, 1.807) is 19.1 Å². The van der Waals surface area contributed by atoms with Gasteiger partial charge in [-0.2, -0.15) is 0 Å². The molecule has 0 amide bonds. The zero-order valence-electron chi connectivity index (χ0n) is 13.8. The van der Waals surface area contributed by atoms with Crippen LogP contribution in [0.5, 0.6) is 0 Å². The molecule has 1 heterocycles. The van der Waals surface area contributed by atoms with Crippen LogP contribution in [0.25, 0.3) is 0 Å². The van der Waals surface area contributed by atoms with Gasteiger partial charge in [0.2, 0.25) is 0 Å². The summed E-state index contributed by atoms with van der Waals surface area (Å²) in [5.41, 5.74) is -1.16. The normalized spacial score (nSPS) is 28.4. The second-order valence-corrected chi connectivity index (χ2v) is 12.2. The van der Waals surface area contributed by atoms with Crippen molar-refractivity contribution >= 4 is 8.32 Å². The first-order chi connectivity index (χ1) is 8.89. The van der Waals surface area contributed by atoms with E-state index in [0.29, 0.717) is 0 Å². The van der Waals surface area contributed by atoms with Crippen LogP contribution in [0.3, 0.4) is 0 Å². The summed E-state index contributed by atoms with van der Waals surface area (Å²) in [6.07, 6.45) is 2.40. The lowest BCUT2D eigenvalue weighted by Gasteiger charge is -2.38. The molecular weight excluding hydrogens is 272 g/mol. The number of rotatable bonds is 6. The molecule has 0 spiro atoms. The van der Waals surface area contributed by atoms with E-state index in [2.05, 4.69) is 33.9 Å². The Hall–Kier alpha value is -0.203. The molecule has 0 saturated carbocycles. The Morgan fingerprint density at radius 2 is 1.85 bits per heavy atom. The highest BCUT2D eigenvalue weighted by Crippen LogP contribution is 2.39. The van der Waals surface area contributed by atoms with Gasteiger partial charge in [-0.15, -0.1) is 0 Å². The first-order valence-corrected chi connectivity index (χ1v) is 10.2. The minimum atomic E-state index is -1.92. The number of hydrogen-bond donors (Lipinski definition) is 2. The molecule has 4 nitrogen and oxygen atoms in total. The molecule has 1 saturated heterocycles. The highest BCUT2D eigenvalue weighted by atomic mass is 28.4. The minimum Gasteiger partial charge on any atom is -0.413 e. The van der Waals surface area contributed by atoms with Gasteiger partial charge in [0, 0.05) is 0 Å². The van der Waals surface area contributed by atoms with Gasteiger partial charge < -0.3 is 19.4 Å². The number of hydrogen-bond acceptors (Lipinski definition) is 4. The van der Waals surface area contributed by atoms with E-state index in [9.17, 15) is 10.2 Å². The molecular formula is C15H30O4Si. The van der Waals surface area contributed by atoms with Crippen LogP contribution in [0.4, 0.5) is 0 Å². The molecule has 4 atom stereocenters. The Labute approximate surface area is 123 Å². The molecule has 0 unspecified atom stereocenters. The van der Waals surface area contributed by atoms with Crippen molar-refractivity contribution < 1.29 is 19.4 Å². The second kappa shape index (κ2) is 5.89. The minimum absolute atomic E-state index is 0.0293.